The zero-order valence-electron chi connectivity index (χ0n) is 23.3. The van der Waals surface area contributed by atoms with E-state index in [1.807, 2.05) is 37.4 Å². The predicted octanol–water partition coefficient (Wildman–Crippen LogP) is 8.64. The second kappa shape index (κ2) is 14.3. The molecule has 1 saturated carbocycles. The maximum Gasteiger partial charge on any atom is 4.00 e. The van der Waals surface area contributed by atoms with Crippen LogP contribution in [0.15, 0.2) is 30.3 Å². The number of hydrogen-bond donors (Lipinski definition) is 0. The molecule has 1 aromatic rings. The van der Waals surface area contributed by atoms with Crippen LogP contribution in [-0.4, -0.2) is 44.5 Å². The molecule has 0 saturated heterocycles. The summed E-state index contributed by atoms with van der Waals surface area (Å²) >= 11 is 0. The van der Waals surface area contributed by atoms with Crippen molar-refractivity contribution in [1.29, 1.82) is 0 Å². The van der Waals surface area contributed by atoms with E-state index in [1.54, 1.807) is 5.92 Å². The van der Waals surface area contributed by atoms with Crippen molar-refractivity contribution in [2.24, 2.45) is 5.92 Å². The minimum absolute atomic E-state index is 0. The van der Waals surface area contributed by atoms with E-state index in [-0.39, 0.29) is 26.2 Å². The first kappa shape index (κ1) is 33.5. The molecule has 3 nitrogen and oxygen atoms in total. The van der Waals surface area contributed by atoms with E-state index in [2.05, 4.69) is 73.5 Å². The first-order chi connectivity index (χ1) is 14.6. The molecule has 1 fully saturated rings. The van der Waals surface area contributed by atoms with Gasteiger partial charge in [-0.05, 0) is 26.1 Å². The largest absolute Gasteiger partial charge is 4.00 e. The normalized spacial score (nSPS) is 22.0. The quantitative estimate of drug-likeness (QED) is 0.212. The third-order valence-electron chi connectivity index (χ3n) is 6.70. The van der Waals surface area contributed by atoms with Gasteiger partial charge in [-0.25, -0.2) is 0 Å². The summed E-state index contributed by atoms with van der Waals surface area (Å²) in [5, 5.41) is 0. The van der Waals surface area contributed by atoms with Gasteiger partial charge in [0.15, 0.2) is 8.32 Å². The van der Waals surface area contributed by atoms with Gasteiger partial charge in [0, 0.05) is 6.61 Å². The van der Waals surface area contributed by atoms with E-state index in [1.165, 1.54) is 12.8 Å². The van der Waals surface area contributed by atoms with Crippen LogP contribution in [0, 0.1) is 18.8 Å². The number of hydrogen-bond acceptors (Lipinski definition) is 1. The summed E-state index contributed by atoms with van der Waals surface area (Å²) < 4.78 is 6.21. The van der Waals surface area contributed by atoms with Gasteiger partial charge in [0.1, 0.15) is 0 Å². The Hall–Kier alpha value is 0.504. The third-order valence-corrected chi connectivity index (χ3v) is 14.9. The van der Waals surface area contributed by atoms with Crippen LogP contribution in [0.5, 0.6) is 0 Å². The molecule has 3 unspecified atom stereocenters. The molecular weight excluding hydrogens is 532 g/mol. The maximum atomic E-state index is 6.21. The van der Waals surface area contributed by atoms with E-state index in [4.69, 9.17) is 14.4 Å². The van der Waals surface area contributed by atoms with E-state index >= 15 is 0 Å². The number of nitrogens with zero attached hydrogens (tertiary/aromatic N) is 2. The predicted molar refractivity (Wildman–Crippen MR) is 152 cm³/mol. The van der Waals surface area contributed by atoms with Crippen LogP contribution < -0.4 is 0 Å². The molecule has 1 aliphatic rings. The molecule has 2 rings (SSSR count). The first-order valence-electron chi connectivity index (χ1n) is 12.3. The summed E-state index contributed by atoms with van der Waals surface area (Å²) in [7, 11) is -2.59. The summed E-state index contributed by atoms with van der Waals surface area (Å²) in [5.74, 6) is 2.46. The van der Waals surface area contributed by atoms with Gasteiger partial charge in [0.05, 0.1) is 0 Å². The van der Waals surface area contributed by atoms with Crippen molar-refractivity contribution in [2.75, 3.05) is 13.7 Å². The Bertz CT molecular complexity index is 665. The first-order valence-corrected chi connectivity index (χ1v) is 21.7. The molecular formula is C26H50N2OSi3Zr. The second-order valence-corrected chi connectivity index (χ2v) is 24.9. The van der Waals surface area contributed by atoms with Crippen molar-refractivity contribution < 1.29 is 30.6 Å². The van der Waals surface area contributed by atoms with Crippen molar-refractivity contribution >= 4 is 24.8 Å². The molecule has 7 heteroatoms. The van der Waals surface area contributed by atoms with Gasteiger partial charge in [-0.15, -0.1) is 18.2 Å². The van der Waals surface area contributed by atoms with Gasteiger partial charge < -0.3 is 20.3 Å². The number of benzene rings is 1. The third kappa shape index (κ3) is 11.4. The molecule has 33 heavy (non-hydrogen) atoms. The molecule has 0 N–H and O–H groups in total. The fourth-order valence-corrected chi connectivity index (χ4v) is 13.0. The molecule has 0 aromatic heterocycles. The summed E-state index contributed by atoms with van der Waals surface area (Å²) in [6.45, 7) is 28.2. The van der Waals surface area contributed by atoms with E-state index in [0.29, 0.717) is 17.1 Å². The average Bonchev–Trinajstić information content (AvgIpc) is 2.99. The molecule has 0 heterocycles. The van der Waals surface area contributed by atoms with E-state index < -0.39 is 24.8 Å². The summed E-state index contributed by atoms with van der Waals surface area (Å²) in [4.78, 5) is 10.1. The Kier molecular flexibility index (Phi) is 14.5. The average molecular weight is 582 g/mol. The van der Waals surface area contributed by atoms with Gasteiger partial charge in [-0.1, -0.05) is 74.9 Å². The Morgan fingerprint density at radius 2 is 1.58 bits per heavy atom. The summed E-state index contributed by atoms with van der Waals surface area (Å²) in [5.41, 5.74) is 2.48. The van der Waals surface area contributed by atoms with Crippen LogP contribution in [0.4, 0.5) is 0 Å². The maximum absolute atomic E-state index is 6.21. The molecule has 1 aromatic carbocycles. The van der Waals surface area contributed by atoms with Gasteiger partial charge >= 0.3 is 26.2 Å². The molecule has 0 amide bonds. The van der Waals surface area contributed by atoms with Gasteiger partial charge in [-0.2, -0.15) is 49.7 Å². The minimum Gasteiger partial charge on any atom is -0.669 e. The van der Waals surface area contributed by atoms with Crippen LogP contribution >= 0.6 is 0 Å². The fraction of sp³-hybridized carbons (Fsp3) is 0.692. The Morgan fingerprint density at radius 1 is 1.03 bits per heavy atom. The minimum atomic E-state index is -1.61. The summed E-state index contributed by atoms with van der Waals surface area (Å²) in [6.07, 6.45) is 2.51. The second-order valence-electron chi connectivity index (χ2n) is 11.8. The standard InChI is InChI=1S/C19H43N2OSi3.C7H7.Zr/c1-15(2)21-24(8,9)18-14-17(12-13-22-23(5,6)7)19(16(18)3)25(10,11)20-4;1-7-5-3-2-4-6-7;/h15,17-19H,12-14H2,1-11H3;2-6H,1H2;/q-3;-1;+4. The Labute approximate surface area is 229 Å². The van der Waals surface area contributed by atoms with E-state index in [0.717, 1.165) is 18.1 Å². The molecule has 0 spiro atoms. The van der Waals surface area contributed by atoms with Crippen LogP contribution in [0.3, 0.4) is 0 Å². The van der Waals surface area contributed by atoms with E-state index in [9.17, 15) is 0 Å². The molecule has 0 radical (unpaired) electrons. The monoisotopic (exact) mass is 580 g/mol. The molecule has 3 atom stereocenters. The summed E-state index contributed by atoms with van der Waals surface area (Å²) in [6, 6.07) is 10.3. The Morgan fingerprint density at radius 3 is 1.97 bits per heavy atom. The zero-order valence-corrected chi connectivity index (χ0v) is 28.8. The van der Waals surface area contributed by atoms with Gasteiger partial charge in [0.2, 0.25) is 0 Å². The SMILES string of the molecule is C[N-][Si](C)(C)C1[C-](C)C([Si](C)(C)[N-]C(C)C)CC1CCO[Si](C)(C)C.[CH2-]c1ccccc1.[Zr+4]. The Balaban J connectivity index is 0.00000109. The van der Waals surface area contributed by atoms with Crippen LogP contribution in [-0.2, 0) is 30.6 Å². The fourth-order valence-electron chi connectivity index (χ4n) is 5.37. The molecule has 0 aliphatic heterocycles. The van der Waals surface area contributed by atoms with Crippen LogP contribution in [0.2, 0.25) is 56.9 Å². The molecule has 1 aliphatic carbocycles. The number of rotatable bonds is 9. The van der Waals surface area contributed by atoms with Crippen molar-refractivity contribution in [3.8, 4) is 0 Å². The van der Waals surface area contributed by atoms with Crippen molar-refractivity contribution in [3.63, 3.8) is 0 Å². The van der Waals surface area contributed by atoms with Crippen molar-refractivity contribution in [1.82, 2.24) is 0 Å². The topological polar surface area (TPSA) is 37.4 Å². The van der Waals surface area contributed by atoms with Gasteiger partial charge in [0.25, 0.3) is 0 Å². The van der Waals surface area contributed by atoms with Crippen molar-refractivity contribution in [3.05, 3.63) is 58.7 Å². The van der Waals surface area contributed by atoms with Gasteiger partial charge in [-0.3, -0.25) is 0 Å². The zero-order chi connectivity index (χ0) is 24.7. The van der Waals surface area contributed by atoms with Crippen LogP contribution in [0.1, 0.15) is 39.2 Å². The van der Waals surface area contributed by atoms with Crippen molar-refractivity contribution in [2.45, 2.75) is 96.6 Å². The molecule has 186 valence electrons. The molecule has 0 bridgehead atoms. The smallest absolute Gasteiger partial charge is 0.669 e. The van der Waals surface area contributed by atoms with Crippen LogP contribution in [0.25, 0.3) is 9.96 Å².